The first kappa shape index (κ1) is 21.5. The summed E-state index contributed by atoms with van der Waals surface area (Å²) >= 11 is 0. The molecule has 31 heavy (non-hydrogen) atoms. The first-order chi connectivity index (χ1) is 15.0. The molecule has 0 aromatic heterocycles. The number of likely N-dealkylation sites (N-methyl/N-ethyl adjacent to an activating group) is 1. The first-order valence-electron chi connectivity index (χ1n) is 10.5. The van der Waals surface area contributed by atoms with Crippen LogP contribution in [0.1, 0.15) is 30.1 Å². The van der Waals surface area contributed by atoms with E-state index < -0.39 is 10.0 Å². The second-order valence-corrected chi connectivity index (χ2v) is 9.31. The van der Waals surface area contributed by atoms with Gasteiger partial charge in [-0.1, -0.05) is 6.92 Å². The Kier molecular flexibility index (Phi) is 6.33. The maximum absolute atomic E-state index is 12.7. The van der Waals surface area contributed by atoms with Crippen molar-refractivity contribution in [2.24, 2.45) is 0 Å². The quantitative estimate of drug-likeness (QED) is 0.680. The SMILES string of the molecule is CCN1CCCC1CNC(=O)c1ccc(NS(=O)(=O)c2ccc3c(c2)OCCO3)cc1. The normalized spacial score (nSPS) is 18.5. The Morgan fingerprint density at radius 2 is 1.84 bits per heavy atom. The van der Waals surface area contributed by atoms with Gasteiger partial charge in [-0.15, -0.1) is 0 Å². The maximum atomic E-state index is 12.7. The van der Waals surface area contributed by atoms with E-state index in [2.05, 4.69) is 21.9 Å². The molecule has 2 aromatic carbocycles. The Morgan fingerprint density at radius 3 is 2.58 bits per heavy atom. The highest BCUT2D eigenvalue weighted by atomic mass is 32.2. The van der Waals surface area contributed by atoms with Crippen LogP contribution in [0.3, 0.4) is 0 Å². The van der Waals surface area contributed by atoms with Gasteiger partial charge in [0.1, 0.15) is 13.2 Å². The van der Waals surface area contributed by atoms with Gasteiger partial charge in [-0.3, -0.25) is 14.4 Å². The maximum Gasteiger partial charge on any atom is 0.262 e. The smallest absolute Gasteiger partial charge is 0.262 e. The largest absolute Gasteiger partial charge is 0.486 e. The van der Waals surface area contributed by atoms with E-state index in [4.69, 9.17) is 9.47 Å². The number of fused-ring (bicyclic) bond motifs is 1. The Balaban J connectivity index is 1.38. The van der Waals surface area contributed by atoms with Crippen molar-refractivity contribution in [3.63, 3.8) is 0 Å². The summed E-state index contributed by atoms with van der Waals surface area (Å²) in [7, 11) is -3.80. The highest BCUT2D eigenvalue weighted by Crippen LogP contribution is 2.32. The van der Waals surface area contributed by atoms with Crippen molar-refractivity contribution in [2.45, 2.75) is 30.7 Å². The van der Waals surface area contributed by atoms with Gasteiger partial charge in [-0.2, -0.15) is 0 Å². The zero-order valence-corrected chi connectivity index (χ0v) is 18.3. The lowest BCUT2D eigenvalue weighted by Crippen LogP contribution is -2.40. The molecule has 0 radical (unpaired) electrons. The molecular weight excluding hydrogens is 418 g/mol. The van der Waals surface area contributed by atoms with Crippen LogP contribution in [0.4, 0.5) is 5.69 Å². The molecule has 9 heteroatoms. The number of nitrogens with zero attached hydrogens (tertiary/aromatic N) is 1. The number of sulfonamides is 1. The molecule has 1 atom stereocenters. The number of hydrogen-bond acceptors (Lipinski definition) is 6. The van der Waals surface area contributed by atoms with Crippen molar-refractivity contribution in [2.75, 3.05) is 37.6 Å². The fourth-order valence-corrected chi connectivity index (χ4v) is 5.02. The van der Waals surface area contributed by atoms with Crippen molar-refractivity contribution < 1.29 is 22.7 Å². The number of carbonyl (C=O) groups is 1. The van der Waals surface area contributed by atoms with Crippen LogP contribution in [0.5, 0.6) is 11.5 Å². The third-order valence-corrected chi connectivity index (χ3v) is 7.01. The van der Waals surface area contributed by atoms with Crippen molar-refractivity contribution in [3.05, 3.63) is 48.0 Å². The second kappa shape index (κ2) is 9.15. The predicted molar refractivity (Wildman–Crippen MR) is 117 cm³/mol. The molecule has 2 N–H and O–H groups in total. The minimum Gasteiger partial charge on any atom is -0.486 e. The van der Waals surface area contributed by atoms with Crippen LogP contribution in [0, 0.1) is 0 Å². The number of anilines is 1. The number of nitrogens with one attached hydrogen (secondary N) is 2. The summed E-state index contributed by atoms with van der Waals surface area (Å²) in [6.07, 6.45) is 2.25. The molecule has 1 saturated heterocycles. The van der Waals surface area contributed by atoms with E-state index >= 15 is 0 Å². The fourth-order valence-electron chi connectivity index (χ4n) is 3.95. The molecular formula is C22H27N3O5S. The van der Waals surface area contributed by atoms with E-state index in [0.29, 0.717) is 48.6 Å². The summed E-state index contributed by atoms with van der Waals surface area (Å²) in [5.74, 6) is 0.773. The van der Waals surface area contributed by atoms with Crippen LogP contribution in [-0.4, -0.2) is 58.1 Å². The van der Waals surface area contributed by atoms with E-state index in [0.717, 1.165) is 25.9 Å². The molecule has 2 heterocycles. The number of amides is 1. The minimum absolute atomic E-state index is 0.0793. The summed E-state index contributed by atoms with van der Waals surface area (Å²) in [4.78, 5) is 14.9. The average molecular weight is 446 g/mol. The van der Waals surface area contributed by atoms with Gasteiger partial charge in [0.25, 0.3) is 15.9 Å². The molecule has 2 aliphatic rings. The second-order valence-electron chi connectivity index (χ2n) is 7.62. The van der Waals surface area contributed by atoms with Crippen LogP contribution < -0.4 is 19.5 Å². The van der Waals surface area contributed by atoms with Gasteiger partial charge < -0.3 is 14.8 Å². The number of rotatable bonds is 7. The molecule has 0 aliphatic carbocycles. The third-order valence-electron chi connectivity index (χ3n) is 5.63. The summed E-state index contributed by atoms with van der Waals surface area (Å²) in [5.41, 5.74) is 0.864. The van der Waals surface area contributed by atoms with Gasteiger partial charge in [-0.25, -0.2) is 8.42 Å². The molecule has 4 rings (SSSR count). The lowest BCUT2D eigenvalue weighted by molar-refractivity contribution is 0.0941. The van der Waals surface area contributed by atoms with Crippen molar-refractivity contribution in [1.29, 1.82) is 0 Å². The highest BCUT2D eigenvalue weighted by molar-refractivity contribution is 7.92. The van der Waals surface area contributed by atoms with Crippen molar-refractivity contribution in [1.82, 2.24) is 10.2 Å². The molecule has 0 bridgehead atoms. The summed E-state index contributed by atoms with van der Waals surface area (Å²) < 4.78 is 38.9. The number of likely N-dealkylation sites (tertiary alicyclic amines) is 1. The van der Waals surface area contributed by atoms with Gasteiger partial charge in [0.2, 0.25) is 0 Å². The summed E-state index contributed by atoms with van der Waals surface area (Å²) in [5, 5.41) is 2.98. The fraction of sp³-hybridized carbons (Fsp3) is 0.409. The van der Waals surface area contributed by atoms with E-state index in [1.165, 1.54) is 12.1 Å². The van der Waals surface area contributed by atoms with Crippen molar-refractivity contribution >= 4 is 21.6 Å². The van der Waals surface area contributed by atoms with Gasteiger partial charge in [-0.05, 0) is 62.3 Å². The lowest BCUT2D eigenvalue weighted by Gasteiger charge is -2.22. The molecule has 1 amide bonds. The summed E-state index contributed by atoms with van der Waals surface area (Å²) in [6, 6.07) is 11.3. The number of carbonyl (C=O) groups excluding carboxylic acids is 1. The lowest BCUT2D eigenvalue weighted by atomic mass is 10.1. The molecule has 2 aliphatic heterocycles. The summed E-state index contributed by atoms with van der Waals surface area (Å²) in [6.45, 7) is 5.63. The van der Waals surface area contributed by atoms with Crippen LogP contribution in [0.15, 0.2) is 47.4 Å². The van der Waals surface area contributed by atoms with Gasteiger partial charge in [0.15, 0.2) is 11.5 Å². The Morgan fingerprint density at radius 1 is 1.10 bits per heavy atom. The molecule has 2 aromatic rings. The molecule has 1 fully saturated rings. The van der Waals surface area contributed by atoms with Gasteiger partial charge >= 0.3 is 0 Å². The van der Waals surface area contributed by atoms with E-state index in [9.17, 15) is 13.2 Å². The predicted octanol–water partition coefficient (Wildman–Crippen LogP) is 2.47. The van der Waals surface area contributed by atoms with Crippen LogP contribution >= 0.6 is 0 Å². The van der Waals surface area contributed by atoms with Crippen LogP contribution in [-0.2, 0) is 10.0 Å². The highest BCUT2D eigenvalue weighted by Gasteiger charge is 2.23. The van der Waals surface area contributed by atoms with E-state index in [1.54, 1.807) is 30.3 Å². The first-order valence-corrected chi connectivity index (χ1v) is 12.0. The average Bonchev–Trinajstić information content (AvgIpc) is 3.25. The van der Waals surface area contributed by atoms with Crippen molar-refractivity contribution in [3.8, 4) is 11.5 Å². The minimum atomic E-state index is -3.80. The Hall–Kier alpha value is -2.78. The monoisotopic (exact) mass is 445 g/mol. The number of benzene rings is 2. The van der Waals surface area contributed by atoms with Crippen LogP contribution in [0.2, 0.25) is 0 Å². The standard InChI is InChI=1S/C22H27N3O5S/c1-2-25-11-3-4-18(25)15-23-22(26)16-5-7-17(8-6-16)24-31(27,28)19-9-10-20-21(14-19)30-13-12-29-20/h5-10,14,18,24H,2-4,11-13,15H2,1H3,(H,23,26). The Bertz CT molecular complexity index is 1040. The van der Waals surface area contributed by atoms with Gasteiger partial charge in [0, 0.05) is 29.9 Å². The topological polar surface area (TPSA) is 97.0 Å². The zero-order chi connectivity index (χ0) is 21.8. The molecule has 166 valence electrons. The molecule has 0 spiro atoms. The van der Waals surface area contributed by atoms with Crippen LogP contribution in [0.25, 0.3) is 0 Å². The number of ether oxygens (including phenoxy) is 2. The molecule has 8 nitrogen and oxygen atoms in total. The van der Waals surface area contributed by atoms with E-state index in [-0.39, 0.29) is 10.8 Å². The number of hydrogen-bond donors (Lipinski definition) is 2. The third kappa shape index (κ3) is 4.94. The molecule has 0 saturated carbocycles. The Labute approximate surface area is 182 Å². The van der Waals surface area contributed by atoms with Gasteiger partial charge in [0.05, 0.1) is 4.90 Å². The zero-order valence-electron chi connectivity index (χ0n) is 17.5. The van der Waals surface area contributed by atoms with E-state index in [1.807, 2.05) is 0 Å². The molecule has 1 unspecified atom stereocenters.